The average molecular weight is 125 g/mol. The van der Waals surface area contributed by atoms with E-state index >= 15 is 0 Å². The summed E-state index contributed by atoms with van der Waals surface area (Å²) in [6.45, 7) is 4.22. The largest absolute Gasteiger partial charge is 0.324 e. The summed E-state index contributed by atoms with van der Waals surface area (Å²) in [4.78, 5) is 0. The van der Waals surface area contributed by atoms with E-state index in [2.05, 4.69) is 12.2 Å². The van der Waals surface area contributed by atoms with Crippen molar-refractivity contribution >= 4 is 0 Å². The molecule has 1 saturated heterocycles. The first-order valence-electron chi connectivity index (χ1n) is 3.64. The monoisotopic (exact) mass is 125 g/mol. The zero-order chi connectivity index (χ0) is 6.48. The lowest BCUT2D eigenvalue weighted by molar-refractivity contribution is 0.100. The predicted octanol–water partition coefficient (Wildman–Crippen LogP) is -0.0421. The van der Waals surface area contributed by atoms with Gasteiger partial charge in [0.25, 0.3) is 0 Å². The van der Waals surface area contributed by atoms with Crippen LogP contribution in [0.1, 0.15) is 13.3 Å². The van der Waals surface area contributed by atoms with Gasteiger partial charge in [-0.15, -0.1) is 0 Å². The lowest BCUT2D eigenvalue weighted by Crippen LogP contribution is -2.59. The quantitative estimate of drug-likeness (QED) is 0.485. The predicted molar refractivity (Wildman–Crippen MR) is 36.1 cm³/mol. The third kappa shape index (κ3) is 0.578. The van der Waals surface area contributed by atoms with E-state index in [-0.39, 0.29) is 5.54 Å². The highest BCUT2D eigenvalue weighted by Crippen LogP contribution is 2.44. The minimum atomic E-state index is 0.138. The van der Waals surface area contributed by atoms with Gasteiger partial charge in [0.15, 0.2) is 0 Å². The average Bonchev–Trinajstić information content (AvgIpc) is 2.06. The van der Waals surface area contributed by atoms with Crippen LogP contribution in [0.5, 0.6) is 0 Å². The molecule has 2 rings (SSSR count). The van der Waals surface area contributed by atoms with Crippen LogP contribution in [0.4, 0.5) is 0 Å². The van der Waals surface area contributed by atoms with E-state index in [1.807, 2.05) is 0 Å². The molecule has 2 aliphatic rings. The fourth-order valence-corrected chi connectivity index (χ4v) is 2.25. The molecule has 0 unspecified atom stereocenters. The molecule has 51 valence electrons. The summed E-state index contributed by atoms with van der Waals surface area (Å²) in [5.41, 5.74) is 6.14. The molecule has 1 heterocycles. The molecule has 9 heavy (non-hydrogen) atoms. The number of hydrogen-bond acceptors (Lipinski definition) is 1. The summed E-state index contributed by atoms with van der Waals surface area (Å²) in [7, 11) is 0. The van der Waals surface area contributed by atoms with Crippen molar-refractivity contribution in [2.75, 3.05) is 13.1 Å². The van der Waals surface area contributed by atoms with E-state index in [1.165, 1.54) is 6.42 Å². The van der Waals surface area contributed by atoms with Crippen molar-refractivity contribution in [1.82, 2.24) is 5.32 Å². The van der Waals surface area contributed by atoms with Gasteiger partial charge in [-0.3, -0.25) is 0 Å². The summed E-state index contributed by atoms with van der Waals surface area (Å²) < 4.78 is 0. The van der Waals surface area contributed by atoms with Crippen molar-refractivity contribution in [2.24, 2.45) is 17.6 Å². The molecule has 1 aliphatic heterocycles. The van der Waals surface area contributed by atoms with E-state index in [9.17, 15) is 0 Å². The smallest absolute Gasteiger partial charge is 0.0344 e. The molecule has 1 saturated carbocycles. The highest BCUT2D eigenvalue weighted by atomic mass is 15.0. The Hall–Kier alpha value is -0.0800. The Bertz CT molecular complexity index is 135. The second-order valence-corrected chi connectivity index (χ2v) is 3.59. The van der Waals surface area contributed by atoms with Gasteiger partial charge in [-0.05, 0) is 18.3 Å². The van der Waals surface area contributed by atoms with Gasteiger partial charge in [0, 0.05) is 18.6 Å². The van der Waals surface area contributed by atoms with Gasteiger partial charge in [0.05, 0.1) is 0 Å². The van der Waals surface area contributed by atoms with Crippen molar-refractivity contribution in [3.8, 4) is 0 Å². The SMILES string of the molecule is C[C@H]1C[C@@]2(N)C[N]C[C@@H]12. The first-order chi connectivity index (χ1) is 4.22. The van der Waals surface area contributed by atoms with Crippen LogP contribution in [0.15, 0.2) is 0 Å². The van der Waals surface area contributed by atoms with Crippen LogP contribution in [0, 0.1) is 11.8 Å². The molecule has 2 nitrogen and oxygen atoms in total. The van der Waals surface area contributed by atoms with Crippen LogP contribution < -0.4 is 11.1 Å². The Labute approximate surface area is 55.8 Å². The van der Waals surface area contributed by atoms with Crippen molar-refractivity contribution in [1.29, 1.82) is 0 Å². The Morgan fingerprint density at radius 2 is 2.44 bits per heavy atom. The summed E-state index contributed by atoms with van der Waals surface area (Å²) in [6, 6.07) is 0. The fourth-order valence-electron chi connectivity index (χ4n) is 2.25. The van der Waals surface area contributed by atoms with Crippen molar-refractivity contribution < 1.29 is 0 Å². The lowest BCUT2D eigenvalue weighted by atomic mass is 9.62. The molecule has 1 aliphatic carbocycles. The summed E-state index contributed by atoms with van der Waals surface area (Å²) in [6.07, 6.45) is 1.20. The van der Waals surface area contributed by atoms with Gasteiger partial charge in [-0.1, -0.05) is 6.92 Å². The van der Waals surface area contributed by atoms with Gasteiger partial charge in [-0.25, -0.2) is 5.32 Å². The van der Waals surface area contributed by atoms with E-state index in [0.717, 1.165) is 24.9 Å². The first-order valence-corrected chi connectivity index (χ1v) is 3.64. The van der Waals surface area contributed by atoms with E-state index < -0.39 is 0 Å². The van der Waals surface area contributed by atoms with Crippen LogP contribution in [0.25, 0.3) is 0 Å². The van der Waals surface area contributed by atoms with Crippen molar-refractivity contribution in [2.45, 2.75) is 18.9 Å². The Kier molecular flexibility index (Phi) is 0.945. The Morgan fingerprint density at radius 1 is 1.67 bits per heavy atom. The van der Waals surface area contributed by atoms with Gasteiger partial charge in [-0.2, -0.15) is 0 Å². The Morgan fingerprint density at radius 3 is 2.89 bits per heavy atom. The van der Waals surface area contributed by atoms with Gasteiger partial charge < -0.3 is 5.73 Å². The number of hydrogen-bond donors (Lipinski definition) is 1. The molecular formula is C7H13N2. The van der Waals surface area contributed by atoms with Gasteiger partial charge in [0.2, 0.25) is 0 Å². The zero-order valence-corrected chi connectivity index (χ0v) is 5.80. The van der Waals surface area contributed by atoms with Crippen LogP contribution in [-0.2, 0) is 0 Å². The fraction of sp³-hybridized carbons (Fsp3) is 1.00. The molecule has 0 aromatic carbocycles. The molecule has 0 bridgehead atoms. The minimum absolute atomic E-state index is 0.138. The third-order valence-electron chi connectivity index (χ3n) is 2.86. The second-order valence-electron chi connectivity index (χ2n) is 3.59. The number of rotatable bonds is 0. The molecule has 0 amide bonds. The molecule has 0 aromatic heterocycles. The summed E-state index contributed by atoms with van der Waals surface area (Å²) >= 11 is 0. The highest BCUT2D eigenvalue weighted by Gasteiger charge is 2.52. The number of nitrogens with two attached hydrogens (primary N) is 1. The standard InChI is InChI=1S/C7H13N2/c1-5-2-7(8)4-9-3-6(5)7/h5-6H,2-4,8H2,1H3/t5-,6-,7+/m0/s1. The molecule has 2 heteroatoms. The van der Waals surface area contributed by atoms with Gasteiger partial charge >= 0.3 is 0 Å². The Balaban J connectivity index is 2.13. The van der Waals surface area contributed by atoms with Crippen LogP contribution in [0.3, 0.4) is 0 Å². The molecule has 0 aromatic rings. The molecule has 0 spiro atoms. The summed E-state index contributed by atoms with van der Waals surface area (Å²) in [5.74, 6) is 1.55. The van der Waals surface area contributed by atoms with Crippen LogP contribution in [0.2, 0.25) is 0 Å². The molecule has 2 N–H and O–H groups in total. The lowest BCUT2D eigenvalue weighted by Gasteiger charge is -2.46. The molecule has 2 fully saturated rings. The van der Waals surface area contributed by atoms with Gasteiger partial charge in [0.1, 0.15) is 0 Å². The summed E-state index contributed by atoms with van der Waals surface area (Å²) in [5, 5.41) is 4.31. The maximum Gasteiger partial charge on any atom is 0.0344 e. The number of fused-ring (bicyclic) bond motifs is 1. The molecular weight excluding hydrogens is 112 g/mol. The zero-order valence-electron chi connectivity index (χ0n) is 5.80. The van der Waals surface area contributed by atoms with E-state index in [4.69, 9.17) is 5.73 Å². The maximum atomic E-state index is 6.00. The van der Waals surface area contributed by atoms with Crippen LogP contribution >= 0.6 is 0 Å². The normalized spacial score (nSPS) is 56.7. The second kappa shape index (κ2) is 1.50. The number of nitrogens with zero attached hydrogens (tertiary/aromatic N) is 1. The van der Waals surface area contributed by atoms with Crippen molar-refractivity contribution in [3.05, 3.63) is 0 Å². The molecule has 3 atom stereocenters. The highest BCUT2D eigenvalue weighted by molar-refractivity contribution is 5.10. The first kappa shape index (κ1) is 5.69. The van der Waals surface area contributed by atoms with Crippen molar-refractivity contribution in [3.63, 3.8) is 0 Å². The van der Waals surface area contributed by atoms with E-state index in [0.29, 0.717) is 0 Å². The minimum Gasteiger partial charge on any atom is -0.324 e. The van der Waals surface area contributed by atoms with E-state index in [1.54, 1.807) is 0 Å². The van der Waals surface area contributed by atoms with Crippen LogP contribution in [-0.4, -0.2) is 18.6 Å². The topological polar surface area (TPSA) is 40.1 Å². The molecule has 1 radical (unpaired) electrons. The maximum absolute atomic E-state index is 6.00. The third-order valence-corrected chi connectivity index (χ3v) is 2.86.